The van der Waals surface area contributed by atoms with Crippen molar-refractivity contribution in [3.8, 4) is 0 Å². The molecule has 7 heteroatoms. The summed E-state index contributed by atoms with van der Waals surface area (Å²) in [6.07, 6.45) is 0. The van der Waals surface area contributed by atoms with Crippen molar-refractivity contribution in [2.75, 3.05) is 0 Å². The maximum Gasteiger partial charge on any atom is 0 e. The quantitative estimate of drug-likeness (QED) is 0.466. The van der Waals surface area contributed by atoms with E-state index in [1.807, 2.05) is 0 Å². The molecule has 0 unspecified atom stereocenters. The van der Waals surface area contributed by atoms with Gasteiger partial charge >= 0.3 is 80.8 Å². The minimum atomic E-state index is -5.25. The van der Waals surface area contributed by atoms with Gasteiger partial charge in [-0.3, -0.25) is 0 Å². The summed E-state index contributed by atoms with van der Waals surface area (Å²) in [5.41, 5.74) is 0. The van der Waals surface area contributed by atoms with Gasteiger partial charge in [0.25, 0.3) is 0 Å². The van der Waals surface area contributed by atoms with Crippen LogP contribution in [0.15, 0.2) is 0 Å². The second-order valence-corrected chi connectivity index (χ2v) is 2.33. The van der Waals surface area contributed by atoms with Gasteiger partial charge in [0.15, 0.2) is 0 Å². The van der Waals surface area contributed by atoms with Gasteiger partial charge in [0.1, 0.15) is 0 Å². The van der Waals surface area contributed by atoms with Crippen LogP contribution in [-0.4, -0.2) is 73.1 Å². The maximum atomic E-state index is 8.82. The molecule has 4 nitrogen and oxygen atoms in total. The Hall–Kier alpha value is 2.17. The van der Waals surface area contributed by atoms with Crippen molar-refractivity contribution in [2.24, 2.45) is 0 Å². The van der Waals surface area contributed by atoms with E-state index in [1.165, 1.54) is 0 Å². The van der Waals surface area contributed by atoms with E-state index in [9.17, 15) is 0 Å². The van der Waals surface area contributed by atoms with Gasteiger partial charge < -0.3 is 0 Å². The third-order valence-electron chi connectivity index (χ3n) is 0. The van der Waals surface area contributed by atoms with Gasteiger partial charge in [0.2, 0.25) is 0 Å². The molecule has 0 aromatic heterocycles. The van der Waals surface area contributed by atoms with Gasteiger partial charge in [-0.25, -0.2) is 0 Å². The first kappa shape index (κ1) is 16.1. The third-order valence-corrected chi connectivity index (χ3v) is 0. The molecule has 0 saturated heterocycles. The van der Waals surface area contributed by atoms with Crippen LogP contribution in [0.2, 0.25) is 0 Å². The topological polar surface area (TPSA) is 74.6 Å². The van der Waals surface area contributed by atoms with Gasteiger partial charge in [0.05, 0.1) is 0 Å². The predicted molar refractivity (Wildman–Crippen MR) is 18.7 cm³/mol. The largest absolute Gasteiger partial charge is 0 e. The molecule has 0 heterocycles. The molecule has 0 atom stereocenters. The van der Waals surface area contributed by atoms with Crippen LogP contribution >= 0.6 is 0 Å². The van der Waals surface area contributed by atoms with Crippen molar-refractivity contribution in [1.82, 2.24) is 0 Å². The summed E-state index contributed by atoms with van der Waals surface area (Å²) < 4.78 is 31.9. The minimum absolute atomic E-state index is 0. The molecule has 0 amide bonds. The SMILES string of the molecule is O=[Se](=O)(O)O.[KH].[Ni]. The average Bonchev–Trinajstić information content (AvgIpc) is 0.722. The zero-order chi connectivity index (χ0) is 4.50. The van der Waals surface area contributed by atoms with Crippen LogP contribution in [0.4, 0.5) is 0 Å². The molecule has 0 aromatic rings. The Labute approximate surface area is 95.3 Å². The van der Waals surface area contributed by atoms with Gasteiger partial charge in [-0.2, -0.15) is 0 Å². The smallest absolute Gasteiger partial charge is 0 e. The number of hydrogen-bond acceptors (Lipinski definition) is 2. The first-order chi connectivity index (χ1) is 2.00. The second kappa shape index (κ2) is 6.29. The molecule has 0 radical (unpaired) electrons. The fourth-order valence-corrected chi connectivity index (χ4v) is 0. The Balaban J connectivity index is -0.0000000800. The van der Waals surface area contributed by atoms with Crippen LogP contribution in [-0.2, 0) is 24.2 Å². The summed E-state index contributed by atoms with van der Waals surface area (Å²) >= 11 is -5.25. The monoisotopic (exact) mass is 244 g/mol. The minimum Gasteiger partial charge on any atom is 0 e. The molecular formula is H3KNiO4Se. The number of hydrogen-bond donors (Lipinski definition) is 2. The molecule has 0 fully saturated rings. The van der Waals surface area contributed by atoms with Crippen LogP contribution < -0.4 is 0 Å². The molecule has 44 valence electrons. The fourth-order valence-electron chi connectivity index (χ4n) is 0. The Bertz CT molecular complexity index is 94.9. The molecule has 0 aliphatic rings. The molecule has 0 spiro atoms. The second-order valence-electron chi connectivity index (χ2n) is 0.448. The molecule has 0 aliphatic carbocycles. The van der Waals surface area contributed by atoms with Crippen LogP contribution in [0.1, 0.15) is 0 Å². The molecule has 0 aliphatic heterocycles. The van der Waals surface area contributed by atoms with Crippen LogP contribution in [0, 0.1) is 0 Å². The molecule has 2 N–H and O–H groups in total. The van der Waals surface area contributed by atoms with Crippen molar-refractivity contribution >= 4 is 64.8 Å². The Morgan fingerprint density at radius 3 is 1.14 bits per heavy atom. The van der Waals surface area contributed by atoms with Crippen LogP contribution in [0.3, 0.4) is 0 Å². The molecule has 7 heavy (non-hydrogen) atoms. The van der Waals surface area contributed by atoms with E-state index in [-0.39, 0.29) is 67.9 Å². The van der Waals surface area contributed by atoms with E-state index < -0.39 is 13.4 Å². The van der Waals surface area contributed by atoms with Crippen LogP contribution in [0.25, 0.3) is 0 Å². The average molecular weight is 244 g/mol. The molecule has 0 aromatic carbocycles. The summed E-state index contributed by atoms with van der Waals surface area (Å²) in [6, 6.07) is 0. The molecular weight excluding hydrogens is 241 g/mol. The summed E-state index contributed by atoms with van der Waals surface area (Å²) in [7, 11) is 0. The Kier molecular flexibility index (Phi) is 14.5. The number of rotatable bonds is 0. The first-order valence-electron chi connectivity index (χ1n) is 0.698. The van der Waals surface area contributed by atoms with E-state index >= 15 is 0 Å². The molecule has 0 rings (SSSR count). The van der Waals surface area contributed by atoms with Crippen molar-refractivity contribution < 1.29 is 32.5 Å². The summed E-state index contributed by atoms with van der Waals surface area (Å²) in [5, 5.41) is 0. The van der Waals surface area contributed by atoms with E-state index in [4.69, 9.17) is 16.0 Å². The Morgan fingerprint density at radius 1 is 1.14 bits per heavy atom. The molecule has 0 saturated carbocycles. The fraction of sp³-hybridized carbons (Fsp3) is 0. The third kappa shape index (κ3) is 66.1. The zero-order valence-corrected chi connectivity index (χ0v) is 5.14. The first-order valence-corrected chi connectivity index (χ1v) is 3.63. The summed E-state index contributed by atoms with van der Waals surface area (Å²) in [5.74, 6) is 0. The van der Waals surface area contributed by atoms with E-state index in [0.29, 0.717) is 0 Å². The van der Waals surface area contributed by atoms with Crippen LogP contribution in [0.5, 0.6) is 0 Å². The van der Waals surface area contributed by atoms with Crippen molar-refractivity contribution in [2.45, 2.75) is 0 Å². The van der Waals surface area contributed by atoms with Crippen molar-refractivity contribution in [3.63, 3.8) is 0 Å². The van der Waals surface area contributed by atoms with E-state index in [2.05, 4.69) is 0 Å². The summed E-state index contributed by atoms with van der Waals surface area (Å²) in [4.78, 5) is 0. The maximum absolute atomic E-state index is 8.82. The normalized spacial score (nSPS) is 8.29. The standard InChI is InChI=1S/K.Ni.H2O4Se.H/c;;1-5(2,3)4;/h;;(H2,1,2,3,4);. The molecule has 0 bridgehead atoms. The Morgan fingerprint density at radius 2 is 1.14 bits per heavy atom. The van der Waals surface area contributed by atoms with Gasteiger partial charge in [-0.1, -0.05) is 0 Å². The van der Waals surface area contributed by atoms with E-state index in [0.717, 1.165) is 0 Å². The van der Waals surface area contributed by atoms with E-state index in [1.54, 1.807) is 0 Å². The van der Waals surface area contributed by atoms with Crippen molar-refractivity contribution in [3.05, 3.63) is 0 Å². The van der Waals surface area contributed by atoms with Gasteiger partial charge in [-0.15, -0.1) is 0 Å². The van der Waals surface area contributed by atoms with Gasteiger partial charge in [0, 0.05) is 16.5 Å². The summed E-state index contributed by atoms with van der Waals surface area (Å²) in [6.45, 7) is 0. The van der Waals surface area contributed by atoms with Gasteiger partial charge in [-0.05, 0) is 0 Å². The zero-order valence-electron chi connectivity index (χ0n) is 2.44. The van der Waals surface area contributed by atoms with Crippen molar-refractivity contribution in [1.29, 1.82) is 0 Å². The predicted octanol–water partition coefficient (Wildman–Crippen LogP) is -2.38.